The third kappa shape index (κ3) is 5.47. The maximum Gasteiger partial charge on any atom is 0.328 e. The first-order valence-electron chi connectivity index (χ1n) is 6.02. The van der Waals surface area contributed by atoms with Crippen molar-refractivity contribution in [3.63, 3.8) is 0 Å². The SMILES string of the molecule is C1CCN2CCCN=C2C1.O=C(O)/C=C/C(=O)O. The van der Waals surface area contributed by atoms with Gasteiger partial charge in [-0.1, -0.05) is 0 Å². The molecule has 1 fully saturated rings. The topological polar surface area (TPSA) is 90.2 Å². The van der Waals surface area contributed by atoms with Gasteiger partial charge in [0.15, 0.2) is 0 Å². The van der Waals surface area contributed by atoms with E-state index in [-0.39, 0.29) is 0 Å². The van der Waals surface area contributed by atoms with Crippen LogP contribution >= 0.6 is 0 Å². The molecule has 0 bridgehead atoms. The number of carbonyl (C=O) groups is 2. The highest BCUT2D eigenvalue weighted by Crippen LogP contribution is 2.15. The molecule has 0 aromatic carbocycles. The molecule has 2 rings (SSSR count). The molecule has 0 radical (unpaired) electrons. The van der Waals surface area contributed by atoms with Gasteiger partial charge in [0.1, 0.15) is 0 Å². The van der Waals surface area contributed by atoms with Crippen molar-refractivity contribution in [1.29, 1.82) is 0 Å². The molecule has 6 nitrogen and oxygen atoms in total. The number of aliphatic carboxylic acids is 2. The highest BCUT2D eigenvalue weighted by atomic mass is 16.4. The molecular formula is C12H18N2O4. The Balaban J connectivity index is 0.000000187. The molecule has 0 aromatic heterocycles. The van der Waals surface area contributed by atoms with Crippen molar-refractivity contribution in [2.24, 2.45) is 4.99 Å². The van der Waals surface area contributed by atoms with Crippen LogP contribution in [0.5, 0.6) is 0 Å². The van der Waals surface area contributed by atoms with Gasteiger partial charge in [-0.3, -0.25) is 4.99 Å². The number of carboxylic acid groups (broad SMARTS) is 2. The second-order valence-electron chi connectivity index (χ2n) is 4.11. The van der Waals surface area contributed by atoms with Crippen LogP contribution in [0.2, 0.25) is 0 Å². The van der Waals surface area contributed by atoms with Crippen molar-refractivity contribution in [3.05, 3.63) is 12.2 Å². The van der Waals surface area contributed by atoms with Crippen molar-refractivity contribution >= 4 is 17.8 Å². The van der Waals surface area contributed by atoms with Gasteiger partial charge in [-0.2, -0.15) is 0 Å². The molecule has 0 saturated carbocycles. The van der Waals surface area contributed by atoms with E-state index in [2.05, 4.69) is 9.89 Å². The number of hydrogen-bond donors (Lipinski definition) is 2. The predicted octanol–water partition coefficient (Wildman–Crippen LogP) is 0.986. The smallest absolute Gasteiger partial charge is 0.328 e. The third-order valence-corrected chi connectivity index (χ3v) is 2.69. The molecule has 2 heterocycles. The lowest BCUT2D eigenvalue weighted by Crippen LogP contribution is -2.39. The van der Waals surface area contributed by atoms with Crippen molar-refractivity contribution < 1.29 is 19.8 Å². The maximum atomic E-state index is 9.55. The summed E-state index contributed by atoms with van der Waals surface area (Å²) in [6, 6.07) is 0. The average molecular weight is 254 g/mol. The van der Waals surface area contributed by atoms with Gasteiger partial charge in [0, 0.05) is 38.2 Å². The molecule has 6 heteroatoms. The number of amidine groups is 1. The Morgan fingerprint density at radius 3 is 2.22 bits per heavy atom. The Kier molecular flexibility index (Phi) is 5.90. The first kappa shape index (κ1) is 14.2. The summed E-state index contributed by atoms with van der Waals surface area (Å²) in [6.45, 7) is 3.60. The van der Waals surface area contributed by atoms with E-state index >= 15 is 0 Å². The van der Waals surface area contributed by atoms with E-state index in [1.165, 1.54) is 44.6 Å². The van der Waals surface area contributed by atoms with Gasteiger partial charge in [-0.05, 0) is 19.3 Å². The lowest BCUT2D eigenvalue weighted by atomic mass is 10.1. The molecule has 18 heavy (non-hydrogen) atoms. The van der Waals surface area contributed by atoms with Crippen LogP contribution in [0.3, 0.4) is 0 Å². The van der Waals surface area contributed by atoms with Gasteiger partial charge in [0.25, 0.3) is 0 Å². The van der Waals surface area contributed by atoms with Crippen molar-refractivity contribution in [2.45, 2.75) is 25.7 Å². The van der Waals surface area contributed by atoms with Crippen LogP contribution in [0.15, 0.2) is 17.1 Å². The standard InChI is InChI=1S/C8H14N2.C4H4O4/c1-2-6-10-7-3-5-9-8(10)4-1;5-3(6)1-2-4(7)8/h1-7H2;1-2H,(H,5,6)(H,7,8)/b;2-1+. The molecule has 100 valence electrons. The number of hydrogen-bond acceptors (Lipinski definition) is 4. The predicted molar refractivity (Wildman–Crippen MR) is 66.8 cm³/mol. The fourth-order valence-electron chi connectivity index (χ4n) is 1.91. The second-order valence-corrected chi connectivity index (χ2v) is 4.11. The molecule has 0 unspecified atom stereocenters. The van der Waals surface area contributed by atoms with E-state index in [1.54, 1.807) is 0 Å². The van der Waals surface area contributed by atoms with Gasteiger partial charge >= 0.3 is 11.9 Å². The number of nitrogens with zero attached hydrogens (tertiary/aromatic N) is 2. The summed E-state index contributed by atoms with van der Waals surface area (Å²) in [5.41, 5.74) is 0. The van der Waals surface area contributed by atoms with E-state index < -0.39 is 11.9 Å². The van der Waals surface area contributed by atoms with Gasteiger partial charge in [-0.15, -0.1) is 0 Å². The van der Waals surface area contributed by atoms with Crippen LogP contribution in [0.1, 0.15) is 25.7 Å². The molecule has 0 aliphatic carbocycles. The minimum atomic E-state index is -1.26. The number of carboxylic acids is 2. The number of rotatable bonds is 2. The minimum Gasteiger partial charge on any atom is -0.478 e. The van der Waals surface area contributed by atoms with E-state index in [9.17, 15) is 9.59 Å². The Morgan fingerprint density at radius 2 is 1.67 bits per heavy atom. The molecule has 0 amide bonds. The number of piperidine rings is 1. The van der Waals surface area contributed by atoms with Gasteiger partial charge in [0.2, 0.25) is 0 Å². The molecule has 0 atom stereocenters. The molecule has 2 N–H and O–H groups in total. The average Bonchev–Trinajstić information content (AvgIpc) is 2.37. The third-order valence-electron chi connectivity index (χ3n) is 2.69. The lowest BCUT2D eigenvalue weighted by Gasteiger charge is -2.32. The summed E-state index contributed by atoms with van der Waals surface area (Å²) in [7, 11) is 0. The van der Waals surface area contributed by atoms with Crippen molar-refractivity contribution in [2.75, 3.05) is 19.6 Å². The van der Waals surface area contributed by atoms with Gasteiger partial charge < -0.3 is 15.1 Å². The van der Waals surface area contributed by atoms with Crippen molar-refractivity contribution in [3.8, 4) is 0 Å². The Morgan fingerprint density at radius 1 is 1.06 bits per heavy atom. The minimum absolute atomic E-state index is 0.558. The van der Waals surface area contributed by atoms with E-state index in [4.69, 9.17) is 10.2 Å². The molecular weight excluding hydrogens is 236 g/mol. The number of aliphatic imine (C=N–C) groups is 1. The van der Waals surface area contributed by atoms with E-state index in [0.717, 1.165) is 6.54 Å². The largest absolute Gasteiger partial charge is 0.478 e. The zero-order chi connectivity index (χ0) is 13.4. The first-order chi connectivity index (χ1) is 8.59. The summed E-state index contributed by atoms with van der Waals surface area (Å²) < 4.78 is 0. The zero-order valence-corrected chi connectivity index (χ0v) is 10.2. The Bertz CT molecular complexity index is 347. The van der Waals surface area contributed by atoms with E-state index in [1.807, 2.05) is 0 Å². The van der Waals surface area contributed by atoms with Crippen LogP contribution < -0.4 is 0 Å². The molecule has 2 aliphatic heterocycles. The Hall–Kier alpha value is -1.85. The summed E-state index contributed by atoms with van der Waals surface area (Å²) in [5, 5.41) is 15.6. The van der Waals surface area contributed by atoms with Crippen LogP contribution in [-0.4, -0.2) is 52.5 Å². The van der Waals surface area contributed by atoms with Crippen molar-refractivity contribution in [1.82, 2.24) is 4.90 Å². The lowest BCUT2D eigenvalue weighted by molar-refractivity contribution is -0.134. The summed E-state index contributed by atoms with van der Waals surface area (Å²) in [4.78, 5) is 26.1. The van der Waals surface area contributed by atoms with Crippen LogP contribution in [0, 0.1) is 0 Å². The molecule has 0 aromatic rings. The van der Waals surface area contributed by atoms with Gasteiger partial charge in [-0.25, -0.2) is 9.59 Å². The quantitative estimate of drug-likeness (QED) is 0.717. The molecule has 2 aliphatic rings. The normalized spacial score (nSPS) is 18.4. The van der Waals surface area contributed by atoms with E-state index in [0.29, 0.717) is 12.2 Å². The highest BCUT2D eigenvalue weighted by molar-refractivity contribution is 5.89. The highest BCUT2D eigenvalue weighted by Gasteiger charge is 2.17. The summed E-state index contributed by atoms with van der Waals surface area (Å²) in [6.07, 6.45) is 6.35. The Labute approximate surface area is 106 Å². The molecule has 1 saturated heterocycles. The van der Waals surface area contributed by atoms with Crippen LogP contribution in [0.4, 0.5) is 0 Å². The van der Waals surface area contributed by atoms with Crippen LogP contribution in [0.25, 0.3) is 0 Å². The zero-order valence-electron chi connectivity index (χ0n) is 10.2. The summed E-state index contributed by atoms with van der Waals surface area (Å²) in [5.74, 6) is -1.13. The fourth-order valence-corrected chi connectivity index (χ4v) is 1.91. The fraction of sp³-hybridized carbons (Fsp3) is 0.583. The number of fused-ring (bicyclic) bond motifs is 1. The first-order valence-corrected chi connectivity index (χ1v) is 6.02. The molecule has 0 spiro atoms. The second kappa shape index (κ2) is 7.47. The van der Waals surface area contributed by atoms with Crippen LogP contribution in [-0.2, 0) is 9.59 Å². The maximum absolute atomic E-state index is 9.55. The van der Waals surface area contributed by atoms with Gasteiger partial charge in [0.05, 0.1) is 5.84 Å². The summed E-state index contributed by atoms with van der Waals surface area (Å²) >= 11 is 0. The monoisotopic (exact) mass is 254 g/mol.